The van der Waals surface area contributed by atoms with Crippen LogP contribution in [-0.2, 0) is 20.2 Å². The van der Waals surface area contributed by atoms with Gasteiger partial charge >= 0.3 is 0 Å². The molecule has 0 heterocycles. The number of hydrogen-bond acceptors (Lipinski definition) is 7. The van der Waals surface area contributed by atoms with Gasteiger partial charge in [-0.1, -0.05) is 24.3 Å². The second-order valence-electron chi connectivity index (χ2n) is 9.54. The lowest BCUT2D eigenvalue weighted by Crippen LogP contribution is -2.21. The largest absolute Gasteiger partial charge is 0.744 e. The normalized spacial score (nSPS) is 13.6. The Kier molecular flexibility index (Phi) is 8.98. The van der Waals surface area contributed by atoms with Gasteiger partial charge in [0.05, 0.1) is 9.79 Å². The molecule has 8 nitrogen and oxygen atoms in total. The number of allylic oxidation sites excluding steroid dienone is 5. The first-order valence-electron chi connectivity index (χ1n) is 13.5. The van der Waals surface area contributed by atoms with E-state index in [0.29, 0.717) is 22.1 Å². The molecule has 0 spiro atoms. The third kappa shape index (κ3) is 6.36. The molecule has 3 aromatic carbocycles. The predicted molar refractivity (Wildman–Crippen MR) is 161 cm³/mol. The molecule has 0 aromatic heterocycles. The van der Waals surface area contributed by atoms with Crippen LogP contribution in [0.15, 0.2) is 94.3 Å². The Labute approximate surface area is 242 Å². The SMILES string of the molecule is CCN(CC)c1ccc(C(=C2C=CC(=[N+](CC)CC)C=C2)c2c(S(=O)(=O)[O-])ccc3ccc(S(=O)(=O)[O-])cc23)cc1. The van der Waals surface area contributed by atoms with Gasteiger partial charge in [-0.25, -0.2) is 21.4 Å². The Morgan fingerprint density at radius 2 is 1.34 bits per heavy atom. The summed E-state index contributed by atoms with van der Waals surface area (Å²) >= 11 is 0. The Morgan fingerprint density at radius 1 is 0.756 bits per heavy atom. The molecular weight excluding hydrogens is 560 g/mol. The summed E-state index contributed by atoms with van der Waals surface area (Å²) in [6.45, 7) is 11.4. The van der Waals surface area contributed by atoms with Crippen molar-refractivity contribution >= 4 is 48.0 Å². The summed E-state index contributed by atoms with van der Waals surface area (Å²) in [5.41, 5.74) is 3.69. The number of rotatable bonds is 9. The fraction of sp³-hybridized carbons (Fsp3) is 0.258. The number of anilines is 1. The lowest BCUT2D eigenvalue weighted by atomic mass is 9.87. The van der Waals surface area contributed by atoms with Crippen molar-refractivity contribution in [2.75, 3.05) is 31.1 Å². The molecule has 41 heavy (non-hydrogen) atoms. The first-order chi connectivity index (χ1) is 19.4. The molecule has 0 bridgehead atoms. The van der Waals surface area contributed by atoms with Crippen molar-refractivity contribution in [3.05, 3.63) is 95.6 Å². The maximum absolute atomic E-state index is 12.6. The maximum atomic E-state index is 12.6. The summed E-state index contributed by atoms with van der Waals surface area (Å²) in [4.78, 5) is 1.15. The average Bonchev–Trinajstić information content (AvgIpc) is 2.94. The van der Waals surface area contributed by atoms with Gasteiger partial charge in [0.15, 0.2) is 5.71 Å². The van der Waals surface area contributed by atoms with E-state index in [9.17, 15) is 25.9 Å². The van der Waals surface area contributed by atoms with Gasteiger partial charge in [0.1, 0.15) is 33.3 Å². The summed E-state index contributed by atoms with van der Waals surface area (Å²) in [7, 11) is -9.86. The molecular formula is C31H33N2O6S2-. The van der Waals surface area contributed by atoms with Crippen LogP contribution < -0.4 is 4.90 Å². The molecule has 1 aliphatic rings. The highest BCUT2D eigenvalue weighted by atomic mass is 32.2. The summed E-state index contributed by atoms with van der Waals surface area (Å²) < 4.78 is 75.9. The van der Waals surface area contributed by atoms with Gasteiger partial charge in [-0.05, 0) is 97.7 Å². The van der Waals surface area contributed by atoms with Gasteiger partial charge in [0.25, 0.3) is 0 Å². The Bertz CT molecular complexity index is 1780. The average molecular weight is 594 g/mol. The van der Waals surface area contributed by atoms with Crippen LogP contribution in [0, 0.1) is 0 Å². The first-order valence-corrected chi connectivity index (χ1v) is 16.3. The van der Waals surface area contributed by atoms with Crippen LogP contribution in [-0.4, -0.2) is 62.4 Å². The smallest absolute Gasteiger partial charge is 0.199 e. The minimum atomic E-state index is -5.01. The van der Waals surface area contributed by atoms with E-state index < -0.39 is 30.0 Å². The van der Waals surface area contributed by atoms with E-state index in [1.54, 1.807) is 0 Å². The number of hydrogen-bond donors (Lipinski definition) is 0. The van der Waals surface area contributed by atoms with Crippen LogP contribution in [0.4, 0.5) is 5.69 Å². The third-order valence-electron chi connectivity index (χ3n) is 7.33. The van der Waals surface area contributed by atoms with Crippen molar-refractivity contribution in [1.82, 2.24) is 0 Å². The van der Waals surface area contributed by atoms with Crippen molar-refractivity contribution in [2.45, 2.75) is 37.5 Å². The lowest BCUT2D eigenvalue weighted by molar-refractivity contribution is -0.519. The standard InChI is InChI=1S/C31H34N2O6S2/c1-5-32(6-2)25-15-9-23(10-16-25)30(24-11-17-26(18-12-24)33(7-3)8-4)31-28-21-27(40(34,35)36)19-13-22(28)14-20-29(31)41(37,38)39/h9-21H,5-8H2,1-4H3,(H-,34,35,36,37,38,39)/p-1. The molecule has 0 saturated heterocycles. The Morgan fingerprint density at radius 3 is 1.85 bits per heavy atom. The molecule has 0 radical (unpaired) electrons. The quantitative estimate of drug-likeness (QED) is 0.255. The zero-order valence-electron chi connectivity index (χ0n) is 23.5. The highest BCUT2D eigenvalue weighted by Crippen LogP contribution is 2.39. The van der Waals surface area contributed by atoms with Crippen LogP contribution in [0.25, 0.3) is 16.3 Å². The van der Waals surface area contributed by atoms with E-state index in [1.807, 2.05) is 48.6 Å². The number of benzene rings is 3. The molecule has 3 aromatic rings. The van der Waals surface area contributed by atoms with Crippen LogP contribution in [0.3, 0.4) is 0 Å². The summed E-state index contributed by atoms with van der Waals surface area (Å²) in [6.07, 6.45) is 7.57. The molecule has 0 aliphatic heterocycles. The van der Waals surface area contributed by atoms with Gasteiger partial charge < -0.3 is 14.0 Å². The van der Waals surface area contributed by atoms with Crippen molar-refractivity contribution in [1.29, 1.82) is 0 Å². The molecule has 0 atom stereocenters. The summed E-state index contributed by atoms with van der Waals surface area (Å²) in [5.74, 6) is 0. The predicted octanol–water partition coefficient (Wildman–Crippen LogP) is 4.92. The van der Waals surface area contributed by atoms with E-state index in [4.69, 9.17) is 0 Å². The molecule has 0 fully saturated rings. The van der Waals surface area contributed by atoms with Gasteiger partial charge in [-0.3, -0.25) is 0 Å². The number of nitrogens with zero attached hydrogens (tertiary/aromatic N) is 2. The van der Waals surface area contributed by atoms with Crippen molar-refractivity contribution < 1.29 is 30.5 Å². The third-order valence-corrected chi connectivity index (χ3v) is 9.04. The minimum absolute atomic E-state index is 0.0502. The monoisotopic (exact) mass is 593 g/mol. The second-order valence-corrected chi connectivity index (χ2v) is 12.3. The Hall–Kier alpha value is -3.57. The fourth-order valence-corrected chi connectivity index (χ4v) is 6.40. The van der Waals surface area contributed by atoms with E-state index >= 15 is 0 Å². The topological polar surface area (TPSA) is 121 Å². The van der Waals surface area contributed by atoms with Crippen LogP contribution >= 0.6 is 0 Å². The zero-order chi connectivity index (χ0) is 29.9. The van der Waals surface area contributed by atoms with Gasteiger partial charge in [0.2, 0.25) is 0 Å². The Balaban J connectivity index is 2.13. The van der Waals surface area contributed by atoms with Crippen LogP contribution in [0.5, 0.6) is 0 Å². The minimum Gasteiger partial charge on any atom is -0.744 e. The number of fused-ring (bicyclic) bond motifs is 1. The molecule has 0 amide bonds. The second kappa shape index (κ2) is 12.1. The van der Waals surface area contributed by atoms with Gasteiger partial charge in [-0.15, -0.1) is 0 Å². The van der Waals surface area contributed by atoms with Crippen LogP contribution in [0.1, 0.15) is 38.8 Å². The first kappa shape index (κ1) is 30.4. The molecule has 0 saturated carbocycles. The maximum Gasteiger partial charge on any atom is 0.199 e. The van der Waals surface area contributed by atoms with Crippen molar-refractivity contribution in [3.8, 4) is 0 Å². The molecule has 1 aliphatic carbocycles. The highest BCUT2D eigenvalue weighted by molar-refractivity contribution is 7.86. The van der Waals surface area contributed by atoms with Crippen LogP contribution in [0.2, 0.25) is 0 Å². The van der Waals surface area contributed by atoms with E-state index in [-0.39, 0.29) is 10.9 Å². The molecule has 4 rings (SSSR count). The van der Waals surface area contributed by atoms with Crippen molar-refractivity contribution in [2.24, 2.45) is 0 Å². The molecule has 0 N–H and O–H groups in total. The zero-order valence-corrected chi connectivity index (χ0v) is 25.1. The fourth-order valence-electron chi connectivity index (χ4n) is 5.21. The molecule has 0 unspecified atom stereocenters. The molecule has 216 valence electrons. The van der Waals surface area contributed by atoms with E-state index in [2.05, 4.69) is 37.2 Å². The summed E-state index contributed by atoms with van der Waals surface area (Å²) in [6, 6.07) is 14.0. The lowest BCUT2D eigenvalue weighted by Gasteiger charge is -2.24. The van der Waals surface area contributed by atoms with E-state index in [0.717, 1.165) is 43.6 Å². The molecule has 10 heteroatoms. The van der Waals surface area contributed by atoms with Crippen molar-refractivity contribution in [3.63, 3.8) is 0 Å². The summed E-state index contributed by atoms with van der Waals surface area (Å²) in [5, 5.41) is 0.659. The van der Waals surface area contributed by atoms with E-state index in [1.165, 1.54) is 24.3 Å². The van der Waals surface area contributed by atoms with Gasteiger partial charge in [-0.2, -0.15) is 0 Å². The van der Waals surface area contributed by atoms with Gasteiger partial charge in [0, 0.05) is 36.5 Å². The highest BCUT2D eigenvalue weighted by Gasteiger charge is 2.22.